The maximum Gasteiger partial charge on any atom is 0.179 e. The van der Waals surface area contributed by atoms with Crippen LogP contribution in [0, 0.1) is 0 Å². The molecule has 0 spiro atoms. The lowest BCUT2D eigenvalue weighted by molar-refractivity contribution is 0.711. The Morgan fingerprint density at radius 1 is 1.80 bits per heavy atom. The van der Waals surface area contributed by atoms with Gasteiger partial charge in [0.2, 0.25) is 0 Å². The van der Waals surface area contributed by atoms with Crippen LogP contribution in [0.1, 0.15) is 12.7 Å². The first-order valence-electron chi connectivity index (χ1n) is 2.92. The molecule has 1 unspecified atom stereocenters. The smallest absolute Gasteiger partial charge is 0.179 e. The molecule has 2 N–H and O–H groups in total. The average Bonchev–Trinajstić information content (AvgIpc) is 2.13. The van der Waals surface area contributed by atoms with Gasteiger partial charge in [-0.15, -0.1) is 0 Å². The summed E-state index contributed by atoms with van der Waals surface area (Å²) >= 11 is 4.57. The SMILES string of the molecule is CC(N)Cc1nsc(Br)n1. The van der Waals surface area contributed by atoms with Crippen LogP contribution in [0.25, 0.3) is 0 Å². The largest absolute Gasteiger partial charge is 0.328 e. The van der Waals surface area contributed by atoms with Crippen molar-refractivity contribution in [3.63, 3.8) is 0 Å². The van der Waals surface area contributed by atoms with E-state index in [1.807, 2.05) is 6.92 Å². The minimum absolute atomic E-state index is 0.140. The number of nitrogens with two attached hydrogens (primary N) is 1. The van der Waals surface area contributed by atoms with Crippen molar-refractivity contribution in [1.29, 1.82) is 0 Å². The van der Waals surface area contributed by atoms with Gasteiger partial charge in [0.15, 0.2) is 3.92 Å². The van der Waals surface area contributed by atoms with Crippen LogP contribution in [0.5, 0.6) is 0 Å². The minimum Gasteiger partial charge on any atom is -0.328 e. The molecule has 0 aliphatic carbocycles. The summed E-state index contributed by atoms with van der Waals surface area (Å²) < 4.78 is 4.88. The Kier molecular flexibility index (Phi) is 2.76. The Morgan fingerprint density at radius 2 is 2.50 bits per heavy atom. The highest BCUT2D eigenvalue weighted by Crippen LogP contribution is 2.12. The number of halogens is 1. The van der Waals surface area contributed by atoms with Crippen molar-refractivity contribution in [1.82, 2.24) is 9.36 Å². The zero-order valence-electron chi connectivity index (χ0n) is 5.54. The van der Waals surface area contributed by atoms with Crippen LogP contribution < -0.4 is 5.73 Å². The van der Waals surface area contributed by atoms with Gasteiger partial charge < -0.3 is 5.73 Å². The van der Waals surface area contributed by atoms with Crippen LogP contribution in [0.2, 0.25) is 0 Å². The molecule has 0 fully saturated rings. The maximum atomic E-state index is 5.54. The predicted octanol–water partition coefficient (Wildman–Crippen LogP) is 1.19. The molecule has 0 aromatic carbocycles. The Hall–Kier alpha value is -0.0000000000000000555. The normalized spacial score (nSPS) is 13.5. The van der Waals surface area contributed by atoms with Crippen LogP contribution >= 0.6 is 27.5 Å². The molecule has 1 heterocycles. The van der Waals surface area contributed by atoms with Gasteiger partial charge in [-0.1, -0.05) is 0 Å². The van der Waals surface area contributed by atoms with Gasteiger partial charge in [0, 0.05) is 12.5 Å². The van der Waals surface area contributed by atoms with E-state index >= 15 is 0 Å². The highest BCUT2D eigenvalue weighted by atomic mass is 79.9. The predicted molar refractivity (Wildman–Crippen MR) is 45.0 cm³/mol. The van der Waals surface area contributed by atoms with Crippen LogP contribution in [0.3, 0.4) is 0 Å². The Balaban J connectivity index is 2.58. The van der Waals surface area contributed by atoms with Gasteiger partial charge in [0.05, 0.1) is 0 Å². The summed E-state index contributed by atoms with van der Waals surface area (Å²) in [6, 6.07) is 0.140. The molecule has 0 amide bonds. The quantitative estimate of drug-likeness (QED) is 0.817. The molecule has 0 radical (unpaired) electrons. The van der Waals surface area contributed by atoms with Crippen molar-refractivity contribution in [3.05, 3.63) is 9.74 Å². The zero-order chi connectivity index (χ0) is 7.56. The third-order valence-corrected chi connectivity index (χ3v) is 2.10. The molecule has 0 saturated heterocycles. The van der Waals surface area contributed by atoms with Crippen molar-refractivity contribution in [3.8, 4) is 0 Å². The summed E-state index contributed by atoms with van der Waals surface area (Å²) in [7, 11) is 0. The van der Waals surface area contributed by atoms with E-state index in [0.29, 0.717) is 0 Å². The summed E-state index contributed by atoms with van der Waals surface area (Å²) in [5.74, 6) is 0.826. The molecule has 0 aliphatic rings. The molecular weight excluding hydrogens is 214 g/mol. The summed E-state index contributed by atoms with van der Waals surface area (Å²) in [4.78, 5) is 4.09. The Bertz CT molecular complexity index is 210. The van der Waals surface area contributed by atoms with Crippen LogP contribution in [0.15, 0.2) is 3.92 Å². The molecule has 10 heavy (non-hydrogen) atoms. The van der Waals surface area contributed by atoms with E-state index in [1.165, 1.54) is 11.5 Å². The van der Waals surface area contributed by atoms with Gasteiger partial charge in [-0.05, 0) is 34.4 Å². The van der Waals surface area contributed by atoms with E-state index in [4.69, 9.17) is 5.73 Å². The van der Waals surface area contributed by atoms with Gasteiger partial charge in [-0.25, -0.2) is 4.98 Å². The minimum atomic E-state index is 0.140. The molecule has 0 saturated carbocycles. The fourth-order valence-corrected chi connectivity index (χ4v) is 1.47. The van der Waals surface area contributed by atoms with Crippen molar-refractivity contribution in [2.75, 3.05) is 0 Å². The number of hydrogen-bond donors (Lipinski definition) is 1. The van der Waals surface area contributed by atoms with E-state index in [1.54, 1.807) is 0 Å². The van der Waals surface area contributed by atoms with Crippen molar-refractivity contribution < 1.29 is 0 Å². The summed E-state index contributed by atoms with van der Waals surface area (Å²) in [5.41, 5.74) is 5.54. The lowest BCUT2D eigenvalue weighted by Crippen LogP contribution is -2.18. The van der Waals surface area contributed by atoms with Gasteiger partial charge >= 0.3 is 0 Å². The van der Waals surface area contributed by atoms with E-state index < -0.39 is 0 Å². The number of hydrogen-bond acceptors (Lipinski definition) is 4. The van der Waals surface area contributed by atoms with Crippen molar-refractivity contribution in [2.45, 2.75) is 19.4 Å². The van der Waals surface area contributed by atoms with Gasteiger partial charge in [0.1, 0.15) is 5.82 Å². The lowest BCUT2D eigenvalue weighted by Gasteiger charge is -1.97. The zero-order valence-corrected chi connectivity index (χ0v) is 7.94. The second-order valence-electron chi connectivity index (χ2n) is 2.14. The average molecular weight is 222 g/mol. The second-order valence-corrected chi connectivity index (χ2v) is 4.17. The third-order valence-electron chi connectivity index (χ3n) is 0.948. The topological polar surface area (TPSA) is 51.8 Å². The fraction of sp³-hybridized carbons (Fsp3) is 0.600. The fourth-order valence-electron chi connectivity index (χ4n) is 0.604. The standard InChI is InChI=1S/C5H8BrN3S/c1-3(7)2-4-8-5(6)10-9-4/h3H,2,7H2,1H3. The molecule has 1 atom stereocenters. The first-order valence-corrected chi connectivity index (χ1v) is 4.49. The van der Waals surface area contributed by atoms with E-state index in [0.717, 1.165) is 16.2 Å². The summed E-state index contributed by atoms with van der Waals surface area (Å²) in [5, 5.41) is 0. The van der Waals surface area contributed by atoms with E-state index in [-0.39, 0.29) is 6.04 Å². The lowest BCUT2D eigenvalue weighted by atomic mass is 10.2. The van der Waals surface area contributed by atoms with E-state index in [2.05, 4.69) is 25.3 Å². The first kappa shape index (κ1) is 8.10. The molecular formula is C5H8BrN3S. The van der Waals surface area contributed by atoms with Crippen molar-refractivity contribution >= 4 is 27.5 Å². The van der Waals surface area contributed by atoms with Gasteiger partial charge in [-0.3, -0.25) is 0 Å². The third kappa shape index (κ3) is 2.32. The first-order chi connectivity index (χ1) is 4.68. The molecule has 3 nitrogen and oxygen atoms in total. The molecule has 56 valence electrons. The van der Waals surface area contributed by atoms with Crippen molar-refractivity contribution in [2.24, 2.45) is 5.73 Å². The maximum absolute atomic E-state index is 5.54. The second kappa shape index (κ2) is 3.41. The molecule has 1 rings (SSSR count). The molecule has 0 bridgehead atoms. The molecule has 1 aromatic rings. The monoisotopic (exact) mass is 221 g/mol. The van der Waals surface area contributed by atoms with E-state index in [9.17, 15) is 0 Å². The number of aromatic nitrogens is 2. The number of rotatable bonds is 2. The van der Waals surface area contributed by atoms with Gasteiger partial charge in [-0.2, -0.15) is 4.37 Å². The van der Waals surface area contributed by atoms with Crippen LogP contribution in [0.4, 0.5) is 0 Å². The van der Waals surface area contributed by atoms with Crippen LogP contribution in [-0.2, 0) is 6.42 Å². The molecule has 0 aliphatic heterocycles. The Morgan fingerprint density at radius 3 is 2.90 bits per heavy atom. The molecule has 5 heteroatoms. The molecule has 1 aromatic heterocycles. The van der Waals surface area contributed by atoms with Crippen LogP contribution in [-0.4, -0.2) is 15.4 Å². The highest BCUT2D eigenvalue weighted by Gasteiger charge is 2.02. The summed E-state index contributed by atoms with van der Waals surface area (Å²) in [6.45, 7) is 1.94. The summed E-state index contributed by atoms with van der Waals surface area (Å²) in [6.07, 6.45) is 0.752. The van der Waals surface area contributed by atoms with Gasteiger partial charge in [0.25, 0.3) is 0 Å². The number of nitrogens with zero attached hydrogens (tertiary/aromatic N) is 2. The Labute approximate surface area is 72.0 Å². The highest BCUT2D eigenvalue weighted by molar-refractivity contribution is 9.11.